The van der Waals surface area contributed by atoms with Crippen LogP contribution in [0.25, 0.3) is 0 Å². The third-order valence-electron chi connectivity index (χ3n) is 6.45. The van der Waals surface area contributed by atoms with Crippen LogP contribution in [0.1, 0.15) is 41.8 Å². The molecule has 2 heterocycles. The summed E-state index contributed by atoms with van der Waals surface area (Å²) in [6.45, 7) is 2.75. The average Bonchev–Trinajstić information content (AvgIpc) is 3.47. The number of aliphatic imine (C=N–C) groups is 1. The summed E-state index contributed by atoms with van der Waals surface area (Å²) in [5, 5.41) is 3.37. The number of hydrogen-bond acceptors (Lipinski definition) is 3. The van der Waals surface area contributed by atoms with E-state index in [1.54, 1.807) is 24.1 Å². The molecule has 0 spiro atoms. The Balaban J connectivity index is 1.41. The Bertz CT molecular complexity index is 911. The SMILES string of the molecule is CN=C(NCC1(c2c(F)cccc2F)CCCC1)N1CCN(C(=O)c2ccco2)CC1. The number of furan rings is 1. The minimum Gasteiger partial charge on any atom is -0.459 e. The van der Waals surface area contributed by atoms with Crippen LogP contribution in [0.3, 0.4) is 0 Å². The van der Waals surface area contributed by atoms with Crippen LogP contribution < -0.4 is 5.32 Å². The smallest absolute Gasteiger partial charge is 0.289 e. The van der Waals surface area contributed by atoms with Crippen LogP contribution in [0.5, 0.6) is 0 Å². The van der Waals surface area contributed by atoms with Crippen LogP contribution in [0.4, 0.5) is 8.78 Å². The van der Waals surface area contributed by atoms with Gasteiger partial charge in [-0.1, -0.05) is 18.9 Å². The van der Waals surface area contributed by atoms with Gasteiger partial charge >= 0.3 is 0 Å². The van der Waals surface area contributed by atoms with Crippen molar-refractivity contribution in [3.63, 3.8) is 0 Å². The molecule has 0 radical (unpaired) electrons. The molecule has 0 bridgehead atoms. The van der Waals surface area contributed by atoms with E-state index in [9.17, 15) is 13.6 Å². The number of piperazine rings is 1. The van der Waals surface area contributed by atoms with E-state index in [0.717, 1.165) is 25.7 Å². The summed E-state index contributed by atoms with van der Waals surface area (Å²) in [5.74, 6) is -0.0563. The molecule has 1 saturated carbocycles. The molecular weight excluding hydrogens is 402 g/mol. The van der Waals surface area contributed by atoms with Crippen molar-refractivity contribution in [1.29, 1.82) is 0 Å². The molecule has 2 aliphatic rings. The number of amides is 1. The topological polar surface area (TPSA) is 61.1 Å². The fourth-order valence-electron chi connectivity index (χ4n) is 4.83. The molecular formula is C23H28F2N4O2. The van der Waals surface area contributed by atoms with Gasteiger partial charge in [-0.2, -0.15) is 0 Å². The molecule has 2 aromatic rings. The number of carbonyl (C=O) groups is 1. The van der Waals surface area contributed by atoms with Crippen molar-refractivity contribution in [2.75, 3.05) is 39.8 Å². The number of nitrogens with zero attached hydrogens (tertiary/aromatic N) is 3. The van der Waals surface area contributed by atoms with Crippen molar-refractivity contribution >= 4 is 11.9 Å². The van der Waals surface area contributed by atoms with Gasteiger partial charge in [0, 0.05) is 50.7 Å². The van der Waals surface area contributed by atoms with E-state index in [1.165, 1.54) is 24.5 Å². The van der Waals surface area contributed by atoms with Crippen molar-refractivity contribution in [1.82, 2.24) is 15.1 Å². The Labute approximate surface area is 180 Å². The molecule has 6 nitrogen and oxygen atoms in total. The van der Waals surface area contributed by atoms with Crippen molar-refractivity contribution < 1.29 is 18.0 Å². The zero-order valence-electron chi connectivity index (χ0n) is 17.7. The number of rotatable bonds is 4. The number of benzene rings is 1. The van der Waals surface area contributed by atoms with Gasteiger partial charge in [0.05, 0.1) is 6.26 Å². The minimum atomic E-state index is -0.581. The van der Waals surface area contributed by atoms with E-state index in [-0.39, 0.29) is 11.5 Å². The van der Waals surface area contributed by atoms with Gasteiger partial charge in [0.25, 0.3) is 5.91 Å². The largest absolute Gasteiger partial charge is 0.459 e. The molecule has 1 amide bonds. The third-order valence-corrected chi connectivity index (χ3v) is 6.45. The average molecular weight is 430 g/mol. The maximum atomic E-state index is 14.6. The molecule has 166 valence electrons. The second-order valence-electron chi connectivity index (χ2n) is 8.24. The van der Waals surface area contributed by atoms with Gasteiger partial charge in [0.1, 0.15) is 11.6 Å². The first-order valence-corrected chi connectivity index (χ1v) is 10.8. The number of hydrogen-bond donors (Lipinski definition) is 1. The predicted octanol–water partition coefficient (Wildman–Crippen LogP) is 3.40. The summed E-state index contributed by atoms with van der Waals surface area (Å²) in [4.78, 5) is 20.7. The van der Waals surface area contributed by atoms with Gasteiger partial charge in [0.2, 0.25) is 0 Å². The Morgan fingerprint density at radius 3 is 2.29 bits per heavy atom. The molecule has 8 heteroatoms. The fourth-order valence-corrected chi connectivity index (χ4v) is 4.83. The lowest BCUT2D eigenvalue weighted by Gasteiger charge is -2.38. The van der Waals surface area contributed by atoms with Crippen molar-refractivity contribution in [3.8, 4) is 0 Å². The molecule has 31 heavy (non-hydrogen) atoms. The highest BCUT2D eigenvalue weighted by atomic mass is 19.1. The lowest BCUT2D eigenvalue weighted by molar-refractivity contribution is 0.0657. The first-order chi connectivity index (χ1) is 15.0. The van der Waals surface area contributed by atoms with Gasteiger partial charge in [-0.3, -0.25) is 9.79 Å². The van der Waals surface area contributed by atoms with Crippen LogP contribution >= 0.6 is 0 Å². The zero-order valence-corrected chi connectivity index (χ0v) is 17.7. The van der Waals surface area contributed by atoms with Gasteiger partial charge in [-0.25, -0.2) is 8.78 Å². The summed E-state index contributed by atoms with van der Waals surface area (Å²) >= 11 is 0. The van der Waals surface area contributed by atoms with E-state index < -0.39 is 17.0 Å². The van der Waals surface area contributed by atoms with E-state index in [0.29, 0.717) is 44.4 Å². The maximum absolute atomic E-state index is 14.6. The normalized spacial score (nSPS) is 19.0. The first kappa shape index (κ1) is 21.3. The van der Waals surface area contributed by atoms with E-state index in [1.807, 2.05) is 0 Å². The van der Waals surface area contributed by atoms with Crippen LogP contribution in [-0.4, -0.2) is 61.4 Å². The standard InChI is InChI=1S/C23H28F2N4O2/c1-26-22(29-13-11-28(12-14-29)21(30)19-8-5-15-31-19)27-16-23(9-2-3-10-23)20-17(24)6-4-7-18(20)25/h4-8,15H,2-3,9-14,16H2,1H3,(H,26,27). The second-order valence-corrected chi connectivity index (χ2v) is 8.24. The Hall–Kier alpha value is -2.90. The van der Waals surface area contributed by atoms with Crippen LogP contribution in [-0.2, 0) is 5.41 Å². The maximum Gasteiger partial charge on any atom is 0.289 e. The van der Waals surface area contributed by atoms with Gasteiger partial charge in [-0.05, 0) is 37.1 Å². The lowest BCUT2D eigenvalue weighted by atomic mass is 9.78. The second kappa shape index (κ2) is 9.08. The van der Waals surface area contributed by atoms with Gasteiger partial charge in [0.15, 0.2) is 11.7 Å². The molecule has 0 atom stereocenters. The molecule has 1 N–H and O–H groups in total. The number of halogens is 2. The highest BCUT2D eigenvalue weighted by Crippen LogP contribution is 2.42. The Morgan fingerprint density at radius 1 is 1.06 bits per heavy atom. The molecule has 1 saturated heterocycles. The fraction of sp³-hybridized carbons (Fsp3) is 0.478. The highest BCUT2D eigenvalue weighted by Gasteiger charge is 2.40. The highest BCUT2D eigenvalue weighted by molar-refractivity contribution is 5.91. The molecule has 1 aromatic heterocycles. The van der Waals surface area contributed by atoms with E-state index >= 15 is 0 Å². The summed E-state index contributed by atoms with van der Waals surface area (Å²) < 4.78 is 34.4. The molecule has 0 unspecified atom stereocenters. The monoisotopic (exact) mass is 430 g/mol. The van der Waals surface area contributed by atoms with Crippen LogP contribution in [0.15, 0.2) is 46.0 Å². The van der Waals surface area contributed by atoms with Crippen molar-refractivity contribution in [3.05, 3.63) is 59.6 Å². The molecule has 2 fully saturated rings. The zero-order chi connectivity index (χ0) is 21.8. The Kier molecular flexibility index (Phi) is 6.25. The van der Waals surface area contributed by atoms with Crippen LogP contribution in [0, 0.1) is 11.6 Å². The quantitative estimate of drug-likeness (QED) is 0.597. The number of nitrogens with one attached hydrogen (secondary N) is 1. The predicted molar refractivity (Wildman–Crippen MR) is 114 cm³/mol. The van der Waals surface area contributed by atoms with Gasteiger partial charge < -0.3 is 19.5 Å². The summed E-state index contributed by atoms with van der Waals surface area (Å²) in [6.07, 6.45) is 4.86. The van der Waals surface area contributed by atoms with E-state index in [4.69, 9.17) is 4.42 Å². The van der Waals surface area contributed by atoms with E-state index in [2.05, 4.69) is 15.2 Å². The lowest BCUT2D eigenvalue weighted by Crippen LogP contribution is -2.55. The minimum absolute atomic E-state index is 0.118. The summed E-state index contributed by atoms with van der Waals surface area (Å²) in [5.41, 5.74) is -0.396. The number of guanidine groups is 1. The summed E-state index contributed by atoms with van der Waals surface area (Å²) in [7, 11) is 1.70. The van der Waals surface area contributed by atoms with Crippen molar-refractivity contribution in [2.45, 2.75) is 31.1 Å². The summed E-state index contributed by atoms with van der Waals surface area (Å²) in [6, 6.07) is 7.45. The Morgan fingerprint density at radius 2 is 1.71 bits per heavy atom. The molecule has 1 aliphatic heterocycles. The number of carbonyl (C=O) groups excluding carboxylic acids is 1. The first-order valence-electron chi connectivity index (χ1n) is 10.8. The van der Waals surface area contributed by atoms with Crippen LogP contribution in [0.2, 0.25) is 0 Å². The molecule has 1 aromatic carbocycles. The van der Waals surface area contributed by atoms with Crippen molar-refractivity contribution in [2.24, 2.45) is 4.99 Å². The van der Waals surface area contributed by atoms with Gasteiger partial charge in [-0.15, -0.1) is 0 Å². The molecule has 4 rings (SSSR count). The molecule has 1 aliphatic carbocycles. The third kappa shape index (κ3) is 4.29.